The second-order valence-electron chi connectivity index (χ2n) is 6.26. The summed E-state index contributed by atoms with van der Waals surface area (Å²) in [6, 6.07) is 1.22. The van der Waals surface area contributed by atoms with E-state index in [1.54, 1.807) is 6.92 Å². The van der Waals surface area contributed by atoms with Crippen molar-refractivity contribution in [2.75, 3.05) is 30.8 Å². The molecule has 1 aromatic heterocycles. The van der Waals surface area contributed by atoms with E-state index in [4.69, 9.17) is 0 Å². The van der Waals surface area contributed by atoms with E-state index < -0.39 is 28.8 Å². The highest BCUT2D eigenvalue weighted by atomic mass is 32.2. The number of halogens is 3. The summed E-state index contributed by atoms with van der Waals surface area (Å²) in [5.74, 6) is 1.39. The Hall–Kier alpha value is -1.42. The second-order valence-corrected chi connectivity index (χ2v) is 8.19. The van der Waals surface area contributed by atoms with E-state index >= 15 is 0 Å². The van der Waals surface area contributed by atoms with Crippen LogP contribution in [-0.2, 0) is 16.4 Å². The summed E-state index contributed by atoms with van der Waals surface area (Å²) < 4.78 is 62.3. The molecule has 25 heavy (non-hydrogen) atoms. The highest BCUT2D eigenvalue weighted by molar-refractivity contribution is 7.88. The Morgan fingerprint density at radius 2 is 1.88 bits per heavy atom. The van der Waals surface area contributed by atoms with Gasteiger partial charge in [-0.3, -0.25) is 0 Å². The van der Waals surface area contributed by atoms with Crippen molar-refractivity contribution >= 4 is 15.8 Å². The molecule has 1 fully saturated rings. The van der Waals surface area contributed by atoms with Crippen molar-refractivity contribution in [3.8, 4) is 0 Å². The second kappa shape index (κ2) is 7.45. The lowest BCUT2D eigenvalue weighted by Crippen LogP contribution is -2.50. The van der Waals surface area contributed by atoms with E-state index in [2.05, 4.69) is 9.97 Å². The Balaban J connectivity index is 2.10. The zero-order chi connectivity index (χ0) is 18.8. The Labute approximate surface area is 146 Å². The van der Waals surface area contributed by atoms with Crippen molar-refractivity contribution in [2.45, 2.75) is 45.3 Å². The molecular weight excluding hydrogens is 357 g/mol. The van der Waals surface area contributed by atoms with Crippen LogP contribution in [0.15, 0.2) is 6.07 Å². The third kappa shape index (κ3) is 5.53. The molecule has 0 amide bonds. The van der Waals surface area contributed by atoms with Gasteiger partial charge in [0, 0.05) is 30.9 Å². The molecule has 142 valence electrons. The number of aromatic nitrogens is 2. The summed E-state index contributed by atoms with van der Waals surface area (Å²) in [4.78, 5) is 10.7. The van der Waals surface area contributed by atoms with Gasteiger partial charge in [-0.05, 0) is 26.2 Å². The van der Waals surface area contributed by atoms with Gasteiger partial charge >= 0.3 is 6.18 Å². The number of anilines is 1. The number of hydrogen-bond acceptors (Lipinski definition) is 5. The van der Waals surface area contributed by atoms with Crippen LogP contribution in [0.4, 0.5) is 19.0 Å². The zero-order valence-corrected chi connectivity index (χ0v) is 15.4. The number of rotatable bonds is 5. The monoisotopic (exact) mass is 380 g/mol. The minimum atomic E-state index is -4.56. The summed E-state index contributed by atoms with van der Waals surface area (Å²) in [5.41, 5.74) is 0.902. The predicted octanol–water partition coefficient (Wildman–Crippen LogP) is 2.14. The quantitative estimate of drug-likeness (QED) is 0.783. The maximum Gasteiger partial charge on any atom is 0.402 e. The molecule has 1 aliphatic rings. The van der Waals surface area contributed by atoms with Crippen LogP contribution in [0.3, 0.4) is 0 Å². The molecule has 2 rings (SSSR count). The molecule has 6 nitrogen and oxygen atoms in total. The fourth-order valence-corrected chi connectivity index (χ4v) is 4.17. The highest BCUT2D eigenvalue weighted by Gasteiger charge is 2.39. The van der Waals surface area contributed by atoms with Crippen LogP contribution in [0, 0.1) is 6.92 Å². The number of alkyl halides is 3. The number of sulfonamides is 1. The van der Waals surface area contributed by atoms with E-state index in [-0.39, 0.29) is 0 Å². The molecule has 0 N–H and O–H groups in total. The van der Waals surface area contributed by atoms with Gasteiger partial charge in [-0.25, -0.2) is 18.4 Å². The summed E-state index contributed by atoms with van der Waals surface area (Å²) in [6.45, 7) is 3.24. The first-order chi connectivity index (χ1) is 11.5. The molecule has 0 saturated carbocycles. The molecule has 0 aliphatic carbocycles. The first kappa shape index (κ1) is 19.9. The SMILES string of the molecule is CCc1cc(N2CCC(N(CC(F)(F)F)S(C)(=O)=O)CC2)nc(C)n1. The van der Waals surface area contributed by atoms with Crippen molar-refractivity contribution in [3.63, 3.8) is 0 Å². The normalized spacial score (nSPS) is 17.3. The van der Waals surface area contributed by atoms with Crippen molar-refractivity contribution < 1.29 is 21.6 Å². The van der Waals surface area contributed by atoms with E-state index in [1.165, 1.54) is 0 Å². The molecule has 1 saturated heterocycles. The van der Waals surface area contributed by atoms with Crippen LogP contribution in [0.1, 0.15) is 31.3 Å². The minimum absolute atomic E-state index is 0.327. The average Bonchev–Trinajstić information content (AvgIpc) is 2.50. The van der Waals surface area contributed by atoms with E-state index in [1.807, 2.05) is 17.9 Å². The molecule has 0 unspecified atom stereocenters. The van der Waals surface area contributed by atoms with Gasteiger partial charge in [-0.2, -0.15) is 17.5 Å². The van der Waals surface area contributed by atoms with Crippen LogP contribution < -0.4 is 4.90 Å². The lowest BCUT2D eigenvalue weighted by molar-refractivity contribution is -0.139. The third-order valence-electron chi connectivity index (χ3n) is 4.20. The summed E-state index contributed by atoms with van der Waals surface area (Å²) in [7, 11) is -3.93. The Morgan fingerprint density at radius 1 is 1.28 bits per heavy atom. The molecule has 0 aromatic carbocycles. The van der Waals surface area contributed by atoms with Gasteiger partial charge in [-0.1, -0.05) is 6.92 Å². The van der Waals surface area contributed by atoms with Gasteiger partial charge in [0.05, 0.1) is 6.26 Å². The lowest BCUT2D eigenvalue weighted by Gasteiger charge is -2.38. The van der Waals surface area contributed by atoms with Gasteiger partial charge in [0.2, 0.25) is 10.0 Å². The van der Waals surface area contributed by atoms with Crippen LogP contribution >= 0.6 is 0 Å². The minimum Gasteiger partial charge on any atom is -0.356 e. The standard InChI is InChI=1S/C15H23F3N4O2S/c1-4-12-9-14(20-11(2)19-12)21-7-5-13(6-8-21)22(25(3,23)24)10-15(16,17)18/h9,13H,4-8,10H2,1-3H3. The van der Waals surface area contributed by atoms with Crippen molar-refractivity contribution in [2.24, 2.45) is 0 Å². The van der Waals surface area contributed by atoms with Gasteiger partial charge in [-0.15, -0.1) is 0 Å². The molecule has 0 atom stereocenters. The summed E-state index contributed by atoms with van der Waals surface area (Å²) >= 11 is 0. The van der Waals surface area contributed by atoms with E-state index in [0.29, 0.717) is 36.1 Å². The average molecular weight is 380 g/mol. The molecule has 10 heteroatoms. The molecule has 1 aliphatic heterocycles. The van der Waals surface area contributed by atoms with Crippen LogP contribution in [0.5, 0.6) is 0 Å². The maximum atomic E-state index is 12.7. The molecular formula is C15H23F3N4O2S. The van der Waals surface area contributed by atoms with Gasteiger partial charge in [0.25, 0.3) is 0 Å². The maximum absolute atomic E-state index is 12.7. The van der Waals surface area contributed by atoms with Crippen LogP contribution in [0.2, 0.25) is 0 Å². The summed E-state index contributed by atoms with van der Waals surface area (Å²) in [5, 5.41) is 0. The lowest BCUT2D eigenvalue weighted by atomic mass is 10.0. The first-order valence-electron chi connectivity index (χ1n) is 8.12. The third-order valence-corrected chi connectivity index (χ3v) is 5.48. The van der Waals surface area contributed by atoms with Gasteiger partial charge in [0.15, 0.2) is 0 Å². The van der Waals surface area contributed by atoms with Crippen LogP contribution in [0.25, 0.3) is 0 Å². The molecule has 0 bridgehead atoms. The van der Waals surface area contributed by atoms with Crippen molar-refractivity contribution in [1.29, 1.82) is 0 Å². The van der Waals surface area contributed by atoms with Crippen molar-refractivity contribution in [1.82, 2.24) is 14.3 Å². The Kier molecular flexibility index (Phi) is 5.93. The van der Waals surface area contributed by atoms with Gasteiger partial charge in [0.1, 0.15) is 18.2 Å². The van der Waals surface area contributed by atoms with E-state index in [9.17, 15) is 21.6 Å². The predicted molar refractivity (Wildman–Crippen MR) is 89.0 cm³/mol. The smallest absolute Gasteiger partial charge is 0.356 e. The van der Waals surface area contributed by atoms with Crippen molar-refractivity contribution in [3.05, 3.63) is 17.6 Å². The highest BCUT2D eigenvalue weighted by Crippen LogP contribution is 2.27. The fraction of sp³-hybridized carbons (Fsp3) is 0.733. The number of piperidine rings is 1. The van der Waals surface area contributed by atoms with Crippen LogP contribution in [-0.4, -0.2) is 60.8 Å². The molecule has 1 aromatic rings. The molecule has 0 spiro atoms. The first-order valence-corrected chi connectivity index (χ1v) is 9.97. The number of hydrogen-bond donors (Lipinski definition) is 0. The Bertz CT molecular complexity index is 701. The molecule has 0 radical (unpaired) electrons. The number of nitrogens with zero attached hydrogens (tertiary/aromatic N) is 4. The fourth-order valence-electron chi connectivity index (χ4n) is 3.03. The van der Waals surface area contributed by atoms with E-state index in [0.717, 1.165) is 24.2 Å². The zero-order valence-electron chi connectivity index (χ0n) is 14.5. The summed E-state index contributed by atoms with van der Waals surface area (Å²) in [6.07, 6.45) is -2.31. The topological polar surface area (TPSA) is 66.4 Å². The largest absolute Gasteiger partial charge is 0.402 e. The molecule has 2 heterocycles. The number of aryl methyl sites for hydroxylation is 2. The van der Waals surface area contributed by atoms with Gasteiger partial charge < -0.3 is 4.90 Å². The Morgan fingerprint density at radius 3 is 2.36 bits per heavy atom.